The van der Waals surface area contributed by atoms with Gasteiger partial charge in [0.2, 0.25) is 0 Å². The van der Waals surface area contributed by atoms with E-state index in [-0.39, 0.29) is 0 Å². The number of rotatable bonds is 2. The van der Waals surface area contributed by atoms with Crippen LogP contribution in [0.2, 0.25) is 0 Å². The van der Waals surface area contributed by atoms with Crippen LogP contribution >= 0.6 is 15.9 Å². The summed E-state index contributed by atoms with van der Waals surface area (Å²) in [5.74, 6) is 1.89. The summed E-state index contributed by atoms with van der Waals surface area (Å²) in [4.78, 5) is 2.55. The molecule has 1 fully saturated rings. The number of ether oxygens (including phenoxy) is 1. The third kappa shape index (κ3) is 3.50. The molecule has 1 N–H and O–H groups in total. The molecule has 1 saturated heterocycles. The summed E-state index contributed by atoms with van der Waals surface area (Å²) < 4.78 is 6.99. The van der Waals surface area contributed by atoms with Crippen molar-refractivity contribution in [1.29, 1.82) is 0 Å². The van der Waals surface area contributed by atoms with E-state index in [1.807, 2.05) is 0 Å². The van der Waals surface area contributed by atoms with Crippen molar-refractivity contribution >= 4 is 15.9 Å². The van der Waals surface area contributed by atoms with Gasteiger partial charge in [-0.3, -0.25) is 4.90 Å². The van der Waals surface area contributed by atoms with Gasteiger partial charge in [0.25, 0.3) is 0 Å². The maximum absolute atomic E-state index is 5.85. The Hall–Kier alpha value is -0.580. The molecule has 0 radical (unpaired) electrons. The average molecular weight is 325 g/mol. The monoisotopic (exact) mass is 324 g/mol. The van der Waals surface area contributed by atoms with Crippen LogP contribution in [-0.2, 0) is 6.54 Å². The van der Waals surface area contributed by atoms with Gasteiger partial charge < -0.3 is 10.1 Å². The normalized spacial score (nSPS) is 21.5. The molecule has 3 rings (SSSR count). The molecular formula is C15H21BrN2O. The van der Waals surface area contributed by atoms with E-state index < -0.39 is 0 Å². The van der Waals surface area contributed by atoms with Crippen LogP contribution in [0.25, 0.3) is 0 Å². The minimum atomic E-state index is 0.805. The van der Waals surface area contributed by atoms with Crippen LogP contribution in [0.5, 0.6) is 5.75 Å². The van der Waals surface area contributed by atoms with Gasteiger partial charge in [0.1, 0.15) is 12.4 Å². The molecule has 1 aromatic rings. The molecule has 0 amide bonds. The number of nitrogens with one attached hydrogen (secondary N) is 1. The van der Waals surface area contributed by atoms with Crippen molar-refractivity contribution < 1.29 is 4.74 Å². The van der Waals surface area contributed by atoms with Crippen LogP contribution in [-0.4, -0.2) is 37.7 Å². The Kier molecular flexibility index (Phi) is 4.41. The molecule has 2 aliphatic heterocycles. The first kappa shape index (κ1) is 13.4. The molecule has 19 heavy (non-hydrogen) atoms. The van der Waals surface area contributed by atoms with Gasteiger partial charge in [-0.25, -0.2) is 0 Å². The van der Waals surface area contributed by atoms with Gasteiger partial charge in [0.05, 0.1) is 0 Å². The van der Waals surface area contributed by atoms with Gasteiger partial charge in [-0.15, -0.1) is 0 Å². The standard InChI is InChI=1S/C15H21BrN2O/c16-14-1-2-15-13(9-14)11-18(7-8-19-15)10-12-3-5-17-6-4-12/h1-2,9,12,17H,3-8,10-11H2. The maximum Gasteiger partial charge on any atom is 0.123 e. The van der Waals surface area contributed by atoms with E-state index in [0.717, 1.165) is 35.8 Å². The minimum Gasteiger partial charge on any atom is -0.492 e. The zero-order valence-electron chi connectivity index (χ0n) is 11.2. The van der Waals surface area contributed by atoms with E-state index in [0.29, 0.717) is 0 Å². The molecule has 1 aromatic carbocycles. The molecule has 4 heteroatoms. The second-order valence-corrected chi connectivity index (χ2v) is 6.44. The predicted octanol–water partition coefficient (Wildman–Crippen LogP) is 2.64. The number of hydrogen-bond donors (Lipinski definition) is 1. The molecule has 0 atom stereocenters. The van der Waals surface area contributed by atoms with E-state index in [2.05, 4.69) is 44.3 Å². The second kappa shape index (κ2) is 6.25. The smallest absolute Gasteiger partial charge is 0.123 e. The largest absolute Gasteiger partial charge is 0.492 e. The lowest BCUT2D eigenvalue weighted by Crippen LogP contribution is -2.36. The summed E-state index contributed by atoms with van der Waals surface area (Å²) in [5, 5.41) is 3.44. The topological polar surface area (TPSA) is 24.5 Å². The minimum absolute atomic E-state index is 0.805. The lowest BCUT2D eigenvalue weighted by molar-refractivity contribution is 0.181. The van der Waals surface area contributed by atoms with E-state index in [1.54, 1.807) is 0 Å². The molecule has 0 spiro atoms. The first-order valence-corrected chi connectivity index (χ1v) is 7.95. The van der Waals surface area contributed by atoms with Gasteiger partial charge in [-0.05, 0) is 50.0 Å². The number of fused-ring (bicyclic) bond motifs is 1. The first-order valence-electron chi connectivity index (χ1n) is 7.15. The Morgan fingerprint density at radius 1 is 1.32 bits per heavy atom. The van der Waals surface area contributed by atoms with Crippen molar-refractivity contribution in [1.82, 2.24) is 10.2 Å². The third-order valence-electron chi connectivity index (χ3n) is 4.06. The highest BCUT2D eigenvalue weighted by atomic mass is 79.9. The highest BCUT2D eigenvalue weighted by molar-refractivity contribution is 9.10. The summed E-state index contributed by atoms with van der Waals surface area (Å²) in [6, 6.07) is 6.32. The van der Waals surface area contributed by atoms with Crippen molar-refractivity contribution in [2.45, 2.75) is 19.4 Å². The number of benzene rings is 1. The Balaban J connectivity index is 1.67. The van der Waals surface area contributed by atoms with Crippen molar-refractivity contribution in [3.8, 4) is 5.75 Å². The molecule has 2 aliphatic rings. The molecule has 0 saturated carbocycles. The summed E-state index contributed by atoms with van der Waals surface area (Å²) in [7, 11) is 0. The van der Waals surface area contributed by atoms with Gasteiger partial charge in [0.15, 0.2) is 0 Å². The van der Waals surface area contributed by atoms with E-state index in [1.165, 1.54) is 38.0 Å². The molecular weight excluding hydrogens is 304 g/mol. The first-order chi connectivity index (χ1) is 9.31. The molecule has 0 bridgehead atoms. The van der Waals surface area contributed by atoms with Crippen LogP contribution in [0, 0.1) is 5.92 Å². The van der Waals surface area contributed by atoms with Crippen LogP contribution < -0.4 is 10.1 Å². The molecule has 2 heterocycles. The Bertz CT molecular complexity index is 432. The van der Waals surface area contributed by atoms with Crippen LogP contribution in [0.3, 0.4) is 0 Å². The van der Waals surface area contributed by atoms with Gasteiger partial charge in [-0.1, -0.05) is 15.9 Å². The fourth-order valence-corrected chi connectivity index (χ4v) is 3.41. The van der Waals surface area contributed by atoms with E-state index in [4.69, 9.17) is 4.74 Å². The number of nitrogens with zero attached hydrogens (tertiary/aromatic N) is 1. The zero-order chi connectivity index (χ0) is 13.1. The number of halogens is 1. The van der Waals surface area contributed by atoms with Crippen LogP contribution in [0.4, 0.5) is 0 Å². The lowest BCUT2D eigenvalue weighted by atomic mass is 9.97. The fraction of sp³-hybridized carbons (Fsp3) is 0.600. The SMILES string of the molecule is Brc1ccc2c(c1)CN(CC1CCNCC1)CCO2. The number of hydrogen-bond acceptors (Lipinski definition) is 3. The van der Waals surface area contributed by atoms with Gasteiger partial charge >= 0.3 is 0 Å². The van der Waals surface area contributed by atoms with Crippen molar-refractivity contribution in [2.24, 2.45) is 5.92 Å². The molecule has 104 valence electrons. The summed E-state index contributed by atoms with van der Waals surface area (Å²) in [6.07, 6.45) is 2.62. The Labute approximate surface area is 123 Å². The molecule has 0 aliphatic carbocycles. The average Bonchev–Trinajstić information content (AvgIpc) is 2.61. The maximum atomic E-state index is 5.85. The predicted molar refractivity (Wildman–Crippen MR) is 80.5 cm³/mol. The third-order valence-corrected chi connectivity index (χ3v) is 4.55. The van der Waals surface area contributed by atoms with Crippen LogP contribution in [0.1, 0.15) is 18.4 Å². The molecule has 0 aromatic heterocycles. The molecule has 0 unspecified atom stereocenters. The summed E-state index contributed by atoms with van der Waals surface area (Å²) >= 11 is 3.55. The van der Waals surface area contributed by atoms with E-state index in [9.17, 15) is 0 Å². The van der Waals surface area contributed by atoms with Crippen molar-refractivity contribution in [2.75, 3.05) is 32.8 Å². The van der Waals surface area contributed by atoms with Gasteiger partial charge in [-0.2, -0.15) is 0 Å². The van der Waals surface area contributed by atoms with Gasteiger partial charge in [0, 0.05) is 29.7 Å². The molecule has 3 nitrogen and oxygen atoms in total. The highest BCUT2D eigenvalue weighted by Crippen LogP contribution is 2.27. The summed E-state index contributed by atoms with van der Waals surface area (Å²) in [5.41, 5.74) is 1.31. The lowest BCUT2D eigenvalue weighted by Gasteiger charge is -2.28. The second-order valence-electron chi connectivity index (χ2n) is 5.53. The summed E-state index contributed by atoms with van der Waals surface area (Å²) in [6.45, 7) is 6.42. The Morgan fingerprint density at radius 3 is 3.00 bits per heavy atom. The van der Waals surface area contributed by atoms with Crippen molar-refractivity contribution in [3.05, 3.63) is 28.2 Å². The Morgan fingerprint density at radius 2 is 2.16 bits per heavy atom. The fourth-order valence-electron chi connectivity index (χ4n) is 3.00. The zero-order valence-corrected chi connectivity index (χ0v) is 12.8. The van der Waals surface area contributed by atoms with Crippen molar-refractivity contribution in [3.63, 3.8) is 0 Å². The highest BCUT2D eigenvalue weighted by Gasteiger charge is 2.20. The van der Waals surface area contributed by atoms with Crippen LogP contribution in [0.15, 0.2) is 22.7 Å². The quantitative estimate of drug-likeness (QED) is 0.905. The number of piperidine rings is 1. The van der Waals surface area contributed by atoms with E-state index >= 15 is 0 Å².